The minimum atomic E-state index is -0.270. The van der Waals surface area contributed by atoms with Gasteiger partial charge in [-0.05, 0) is 38.7 Å². The Morgan fingerprint density at radius 2 is 2.00 bits per heavy atom. The van der Waals surface area contributed by atoms with Gasteiger partial charge in [-0.25, -0.2) is 4.79 Å². The number of ether oxygens (including phenoxy) is 1. The second kappa shape index (κ2) is 8.17. The zero-order chi connectivity index (χ0) is 17.7. The number of likely N-dealkylation sites (tertiary alicyclic amines) is 1. The molecule has 0 atom stereocenters. The molecule has 1 aromatic rings. The van der Waals surface area contributed by atoms with Crippen molar-refractivity contribution < 1.29 is 14.3 Å². The van der Waals surface area contributed by atoms with Crippen molar-refractivity contribution >= 4 is 12.0 Å². The summed E-state index contributed by atoms with van der Waals surface area (Å²) in [6.07, 6.45) is 1.21. The Kier molecular flexibility index (Phi) is 6.23. The molecular formula is C17H28N4O3. The lowest BCUT2D eigenvalue weighted by atomic mass is 10.1. The number of piperidine rings is 1. The standard InChI is InChI=1S/C17H28N4O3/c1-5-21-15(11-14(19-21)12(3)4)16(22)18-13-7-9-20(10-8-13)17(23)24-6-2/h11-13H,5-10H2,1-4H3,(H,18,22). The molecular weight excluding hydrogens is 308 g/mol. The van der Waals surface area contributed by atoms with Crippen molar-refractivity contribution in [1.82, 2.24) is 20.0 Å². The van der Waals surface area contributed by atoms with Gasteiger partial charge in [-0.2, -0.15) is 5.10 Å². The second-order valence-corrected chi connectivity index (χ2v) is 6.36. The molecule has 1 aliphatic rings. The van der Waals surface area contributed by atoms with Crippen LogP contribution >= 0.6 is 0 Å². The van der Waals surface area contributed by atoms with E-state index in [4.69, 9.17) is 4.74 Å². The minimum Gasteiger partial charge on any atom is -0.450 e. The molecule has 134 valence electrons. The number of hydrogen-bond acceptors (Lipinski definition) is 4. The van der Waals surface area contributed by atoms with Crippen molar-refractivity contribution in [3.05, 3.63) is 17.5 Å². The molecule has 1 aliphatic heterocycles. The quantitative estimate of drug-likeness (QED) is 0.895. The van der Waals surface area contributed by atoms with Crippen molar-refractivity contribution in [1.29, 1.82) is 0 Å². The van der Waals surface area contributed by atoms with Gasteiger partial charge in [0.15, 0.2) is 0 Å². The third-order valence-corrected chi connectivity index (χ3v) is 4.28. The molecule has 0 aromatic carbocycles. The van der Waals surface area contributed by atoms with Crippen molar-refractivity contribution in [3.63, 3.8) is 0 Å². The van der Waals surface area contributed by atoms with E-state index < -0.39 is 0 Å². The molecule has 2 rings (SSSR count). The normalized spacial score (nSPS) is 15.6. The summed E-state index contributed by atoms with van der Waals surface area (Å²) < 4.78 is 6.76. The second-order valence-electron chi connectivity index (χ2n) is 6.36. The molecule has 0 unspecified atom stereocenters. The SMILES string of the molecule is CCOC(=O)N1CCC(NC(=O)c2cc(C(C)C)nn2CC)CC1. The first kappa shape index (κ1) is 18.3. The molecule has 0 bridgehead atoms. The van der Waals surface area contributed by atoms with E-state index in [1.54, 1.807) is 16.5 Å². The van der Waals surface area contributed by atoms with Gasteiger partial charge < -0.3 is 15.0 Å². The maximum Gasteiger partial charge on any atom is 0.409 e. The van der Waals surface area contributed by atoms with Gasteiger partial charge in [-0.15, -0.1) is 0 Å². The summed E-state index contributed by atoms with van der Waals surface area (Å²) in [4.78, 5) is 26.0. The molecule has 0 radical (unpaired) electrons. The minimum absolute atomic E-state index is 0.0749. The van der Waals surface area contributed by atoms with Crippen LogP contribution in [-0.2, 0) is 11.3 Å². The fourth-order valence-electron chi connectivity index (χ4n) is 2.82. The highest BCUT2D eigenvalue weighted by atomic mass is 16.6. The monoisotopic (exact) mass is 336 g/mol. The number of aromatic nitrogens is 2. The van der Waals surface area contributed by atoms with Crippen LogP contribution in [0.4, 0.5) is 4.79 Å². The van der Waals surface area contributed by atoms with Crippen molar-refractivity contribution in [2.24, 2.45) is 0 Å². The van der Waals surface area contributed by atoms with Gasteiger partial charge in [0.1, 0.15) is 5.69 Å². The van der Waals surface area contributed by atoms with Crippen molar-refractivity contribution in [2.75, 3.05) is 19.7 Å². The van der Waals surface area contributed by atoms with E-state index in [0.29, 0.717) is 31.9 Å². The summed E-state index contributed by atoms with van der Waals surface area (Å²) >= 11 is 0. The number of nitrogens with one attached hydrogen (secondary N) is 1. The van der Waals surface area contributed by atoms with Gasteiger partial charge in [0.05, 0.1) is 12.3 Å². The topological polar surface area (TPSA) is 76.5 Å². The molecule has 0 spiro atoms. The Hall–Kier alpha value is -2.05. The van der Waals surface area contributed by atoms with E-state index >= 15 is 0 Å². The maximum atomic E-state index is 12.6. The number of carbonyl (C=O) groups is 2. The lowest BCUT2D eigenvalue weighted by molar-refractivity contribution is 0.0853. The Labute approximate surface area is 143 Å². The van der Waals surface area contributed by atoms with Crippen LogP contribution in [0.15, 0.2) is 6.07 Å². The predicted octanol–water partition coefficient (Wildman–Crippen LogP) is 2.38. The fraction of sp³-hybridized carbons (Fsp3) is 0.706. The van der Waals surface area contributed by atoms with Crippen LogP contribution in [0.25, 0.3) is 0 Å². The summed E-state index contributed by atoms with van der Waals surface area (Å²) in [5, 5.41) is 7.56. The zero-order valence-electron chi connectivity index (χ0n) is 15.0. The van der Waals surface area contributed by atoms with Crippen LogP contribution in [0.3, 0.4) is 0 Å². The third-order valence-electron chi connectivity index (χ3n) is 4.28. The molecule has 0 aliphatic carbocycles. The average Bonchev–Trinajstić information content (AvgIpc) is 3.00. The molecule has 24 heavy (non-hydrogen) atoms. The largest absolute Gasteiger partial charge is 0.450 e. The predicted molar refractivity (Wildman–Crippen MR) is 91.1 cm³/mol. The highest BCUT2D eigenvalue weighted by Gasteiger charge is 2.26. The van der Waals surface area contributed by atoms with Crippen LogP contribution in [-0.4, -0.2) is 52.4 Å². The molecule has 1 aromatic heterocycles. The lowest BCUT2D eigenvalue weighted by Crippen LogP contribution is -2.47. The Balaban J connectivity index is 1.93. The Bertz CT molecular complexity index is 574. The molecule has 0 saturated carbocycles. The van der Waals surface area contributed by atoms with Gasteiger partial charge in [-0.3, -0.25) is 9.48 Å². The number of aryl methyl sites for hydroxylation is 1. The first-order valence-electron chi connectivity index (χ1n) is 8.76. The van der Waals surface area contributed by atoms with E-state index in [1.807, 2.05) is 13.0 Å². The van der Waals surface area contributed by atoms with E-state index in [-0.39, 0.29) is 24.0 Å². The van der Waals surface area contributed by atoms with E-state index in [1.165, 1.54) is 0 Å². The van der Waals surface area contributed by atoms with Crippen LogP contribution in [0.1, 0.15) is 62.6 Å². The van der Waals surface area contributed by atoms with Gasteiger partial charge in [0.25, 0.3) is 5.91 Å². The summed E-state index contributed by atoms with van der Waals surface area (Å²) in [6.45, 7) is 10.2. The maximum absolute atomic E-state index is 12.6. The number of carbonyl (C=O) groups excluding carboxylic acids is 2. The van der Waals surface area contributed by atoms with Crippen LogP contribution in [0.2, 0.25) is 0 Å². The van der Waals surface area contributed by atoms with Crippen LogP contribution < -0.4 is 5.32 Å². The molecule has 1 saturated heterocycles. The van der Waals surface area contributed by atoms with Crippen LogP contribution in [0.5, 0.6) is 0 Å². The van der Waals surface area contributed by atoms with E-state index in [2.05, 4.69) is 24.3 Å². The highest BCUT2D eigenvalue weighted by Crippen LogP contribution is 2.16. The molecule has 1 fully saturated rings. The Morgan fingerprint density at radius 3 is 2.54 bits per heavy atom. The van der Waals surface area contributed by atoms with E-state index in [0.717, 1.165) is 18.5 Å². The lowest BCUT2D eigenvalue weighted by Gasteiger charge is -2.31. The summed E-state index contributed by atoms with van der Waals surface area (Å²) in [5.74, 6) is 0.197. The zero-order valence-corrected chi connectivity index (χ0v) is 15.0. The summed E-state index contributed by atoms with van der Waals surface area (Å²) in [5.41, 5.74) is 1.54. The number of amides is 2. The Morgan fingerprint density at radius 1 is 1.33 bits per heavy atom. The van der Waals surface area contributed by atoms with Crippen LogP contribution in [0, 0.1) is 0 Å². The molecule has 2 heterocycles. The number of hydrogen-bond donors (Lipinski definition) is 1. The van der Waals surface area contributed by atoms with Gasteiger partial charge >= 0.3 is 6.09 Å². The summed E-state index contributed by atoms with van der Waals surface area (Å²) in [6, 6.07) is 1.95. The first-order valence-corrected chi connectivity index (χ1v) is 8.76. The van der Waals surface area contributed by atoms with E-state index in [9.17, 15) is 9.59 Å². The first-order chi connectivity index (χ1) is 11.5. The number of nitrogens with zero attached hydrogens (tertiary/aromatic N) is 3. The average molecular weight is 336 g/mol. The fourth-order valence-corrected chi connectivity index (χ4v) is 2.82. The van der Waals surface area contributed by atoms with Crippen molar-refractivity contribution in [2.45, 2.75) is 59.0 Å². The van der Waals surface area contributed by atoms with Crippen molar-refractivity contribution in [3.8, 4) is 0 Å². The van der Waals surface area contributed by atoms with Gasteiger partial charge in [-0.1, -0.05) is 13.8 Å². The molecule has 2 amide bonds. The highest BCUT2D eigenvalue weighted by molar-refractivity contribution is 5.93. The third kappa shape index (κ3) is 4.27. The number of rotatable bonds is 5. The summed E-state index contributed by atoms with van der Waals surface area (Å²) in [7, 11) is 0. The smallest absolute Gasteiger partial charge is 0.409 e. The van der Waals surface area contributed by atoms with Gasteiger partial charge in [0, 0.05) is 25.7 Å². The molecule has 7 heteroatoms. The van der Waals surface area contributed by atoms with Gasteiger partial charge in [0.2, 0.25) is 0 Å². The molecule has 7 nitrogen and oxygen atoms in total. The molecule has 1 N–H and O–H groups in total.